The van der Waals surface area contributed by atoms with Crippen LogP contribution in [0.2, 0.25) is 0 Å². The predicted octanol–water partition coefficient (Wildman–Crippen LogP) is 1.84. The highest BCUT2D eigenvalue weighted by atomic mass is 32.2. The van der Waals surface area contributed by atoms with E-state index in [0.29, 0.717) is 25.9 Å². The molecule has 1 aromatic carbocycles. The van der Waals surface area contributed by atoms with Gasteiger partial charge in [-0.3, -0.25) is 4.79 Å². The molecule has 0 bridgehead atoms. The Hall–Kier alpha value is -1.40. The number of carbonyl (C=O) groups excluding carboxylic acids is 1. The summed E-state index contributed by atoms with van der Waals surface area (Å²) in [6, 6.07) is 8.06. The van der Waals surface area contributed by atoms with Gasteiger partial charge in [0.05, 0.1) is 12.3 Å². The van der Waals surface area contributed by atoms with Gasteiger partial charge in [0.25, 0.3) is 0 Å². The van der Waals surface area contributed by atoms with Gasteiger partial charge in [-0.25, -0.2) is 12.7 Å². The molecule has 1 aromatic rings. The third-order valence-electron chi connectivity index (χ3n) is 4.23. The average molecular weight is 324 g/mol. The molecule has 6 heteroatoms. The number of aryl methyl sites for hydroxylation is 1. The zero-order valence-corrected chi connectivity index (χ0v) is 14.2. The molecule has 0 aromatic heterocycles. The maximum atomic E-state index is 12.3. The van der Waals surface area contributed by atoms with Gasteiger partial charge in [0.2, 0.25) is 15.9 Å². The van der Waals surface area contributed by atoms with Crippen molar-refractivity contribution in [3.8, 4) is 0 Å². The Morgan fingerprint density at radius 3 is 2.27 bits per heavy atom. The monoisotopic (exact) mass is 324 g/mol. The van der Waals surface area contributed by atoms with Crippen LogP contribution in [0.4, 0.5) is 0 Å². The molecule has 1 unspecified atom stereocenters. The lowest BCUT2D eigenvalue weighted by Gasteiger charge is -2.30. The first-order valence-corrected chi connectivity index (χ1v) is 9.44. The predicted molar refractivity (Wildman–Crippen MR) is 86.9 cm³/mol. The van der Waals surface area contributed by atoms with Gasteiger partial charge in [0, 0.05) is 19.0 Å². The van der Waals surface area contributed by atoms with Crippen LogP contribution < -0.4 is 5.32 Å². The summed E-state index contributed by atoms with van der Waals surface area (Å²) in [6.07, 6.45) is 2.38. The highest BCUT2D eigenvalue weighted by Crippen LogP contribution is 2.21. The molecule has 1 amide bonds. The lowest BCUT2D eigenvalue weighted by Crippen LogP contribution is -2.43. The highest BCUT2D eigenvalue weighted by Gasteiger charge is 2.29. The number of carbonyl (C=O) groups is 1. The zero-order chi connectivity index (χ0) is 16.3. The molecule has 1 atom stereocenters. The number of hydrogen-bond donors (Lipinski definition) is 1. The van der Waals surface area contributed by atoms with E-state index >= 15 is 0 Å². The van der Waals surface area contributed by atoms with Crippen LogP contribution in [0.5, 0.6) is 0 Å². The molecule has 2 rings (SSSR count). The van der Waals surface area contributed by atoms with E-state index in [2.05, 4.69) is 5.32 Å². The Bertz CT molecular complexity index is 617. The summed E-state index contributed by atoms with van der Waals surface area (Å²) in [7, 11) is -3.14. The van der Waals surface area contributed by atoms with Crippen molar-refractivity contribution in [1.29, 1.82) is 0 Å². The number of rotatable bonds is 4. The molecule has 1 N–H and O–H groups in total. The van der Waals surface area contributed by atoms with Gasteiger partial charge in [-0.15, -0.1) is 0 Å². The zero-order valence-electron chi connectivity index (χ0n) is 13.4. The van der Waals surface area contributed by atoms with Crippen LogP contribution in [0.3, 0.4) is 0 Å². The second kappa shape index (κ2) is 6.79. The van der Waals surface area contributed by atoms with E-state index in [1.165, 1.54) is 16.1 Å². The van der Waals surface area contributed by atoms with Crippen LogP contribution in [0.1, 0.15) is 36.9 Å². The smallest absolute Gasteiger partial charge is 0.223 e. The fraction of sp³-hybridized carbons (Fsp3) is 0.562. The summed E-state index contributed by atoms with van der Waals surface area (Å²) in [5.74, 6) is -0.0906. The number of benzene rings is 1. The first-order chi connectivity index (χ1) is 10.3. The summed E-state index contributed by atoms with van der Waals surface area (Å²) >= 11 is 0. The molecular formula is C16H24N2O3S. The average Bonchev–Trinajstić information content (AvgIpc) is 2.47. The lowest BCUT2D eigenvalue weighted by atomic mass is 9.96. The van der Waals surface area contributed by atoms with Gasteiger partial charge in [0.1, 0.15) is 0 Å². The van der Waals surface area contributed by atoms with Crippen molar-refractivity contribution in [3.05, 3.63) is 35.4 Å². The van der Waals surface area contributed by atoms with Crippen molar-refractivity contribution in [2.75, 3.05) is 19.3 Å². The molecule has 0 spiro atoms. The highest BCUT2D eigenvalue weighted by molar-refractivity contribution is 7.88. The van der Waals surface area contributed by atoms with Gasteiger partial charge >= 0.3 is 0 Å². The van der Waals surface area contributed by atoms with Crippen molar-refractivity contribution in [3.63, 3.8) is 0 Å². The SMILES string of the molecule is Cc1ccc(C(C)NC(=O)C2CCN(S(C)(=O)=O)CC2)cc1. The topological polar surface area (TPSA) is 66.5 Å². The molecule has 1 heterocycles. The van der Waals surface area contributed by atoms with Crippen LogP contribution in [-0.4, -0.2) is 38.0 Å². The minimum absolute atomic E-state index is 0.0150. The van der Waals surface area contributed by atoms with Gasteiger partial charge < -0.3 is 5.32 Å². The van der Waals surface area contributed by atoms with Crippen molar-refractivity contribution in [1.82, 2.24) is 9.62 Å². The fourth-order valence-corrected chi connectivity index (χ4v) is 3.59. The van der Waals surface area contributed by atoms with E-state index < -0.39 is 10.0 Å². The molecule has 1 fully saturated rings. The second-order valence-electron chi connectivity index (χ2n) is 6.08. The molecule has 1 aliphatic rings. The van der Waals surface area contributed by atoms with E-state index in [9.17, 15) is 13.2 Å². The van der Waals surface area contributed by atoms with Gasteiger partial charge in [-0.05, 0) is 32.3 Å². The van der Waals surface area contributed by atoms with Crippen LogP contribution >= 0.6 is 0 Å². The molecule has 0 saturated carbocycles. The van der Waals surface area contributed by atoms with Crippen LogP contribution in [0.25, 0.3) is 0 Å². The summed E-state index contributed by atoms with van der Waals surface area (Å²) in [4.78, 5) is 12.3. The third-order valence-corrected chi connectivity index (χ3v) is 5.53. The summed E-state index contributed by atoms with van der Waals surface area (Å²) in [5, 5.41) is 3.03. The minimum atomic E-state index is -3.14. The van der Waals surface area contributed by atoms with Gasteiger partial charge in [-0.2, -0.15) is 0 Å². The lowest BCUT2D eigenvalue weighted by molar-refractivity contribution is -0.126. The Morgan fingerprint density at radius 1 is 1.23 bits per heavy atom. The number of piperidine rings is 1. The van der Waals surface area contributed by atoms with E-state index in [0.717, 1.165) is 5.56 Å². The third kappa shape index (κ3) is 4.30. The quantitative estimate of drug-likeness (QED) is 0.919. The number of sulfonamides is 1. The van der Waals surface area contributed by atoms with Gasteiger partial charge in [0.15, 0.2) is 0 Å². The Labute approximate surface area is 132 Å². The normalized spacial score (nSPS) is 18.9. The molecular weight excluding hydrogens is 300 g/mol. The van der Waals surface area contributed by atoms with Gasteiger partial charge in [-0.1, -0.05) is 29.8 Å². The molecule has 1 saturated heterocycles. The first kappa shape index (κ1) is 17.0. The Balaban J connectivity index is 1.89. The standard InChI is InChI=1S/C16H24N2O3S/c1-12-4-6-14(7-5-12)13(2)17-16(19)15-8-10-18(11-9-15)22(3,20)21/h4-7,13,15H,8-11H2,1-3H3,(H,17,19). The summed E-state index contributed by atoms with van der Waals surface area (Å²) in [5.41, 5.74) is 2.27. The van der Waals surface area contributed by atoms with Crippen LogP contribution in [-0.2, 0) is 14.8 Å². The molecule has 0 radical (unpaired) electrons. The van der Waals surface area contributed by atoms with Crippen LogP contribution in [0.15, 0.2) is 24.3 Å². The van der Waals surface area contributed by atoms with E-state index in [-0.39, 0.29) is 17.9 Å². The van der Waals surface area contributed by atoms with E-state index in [4.69, 9.17) is 0 Å². The largest absolute Gasteiger partial charge is 0.349 e. The van der Waals surface area contributed by atoms with E-state index in [1.54, 1.807) is 0 Å². The van der Waals surface area contributed by atoms with E-state index in [1.807, 2.05) is 38.1 Å². The van der Waals surface area contributed by atoms with Crippen molar-refractivity contribution >= 4 is 15.9 Å². The molecule has 22 heavy (non-hydrogen) atoms. The Kier molecular flexibility index (Phi) is 5.24. The summed E-state index contributed by atoms with van der Waals surface area (Å²) < 4.78 is 24.4. The summed E-state index contributed by atoms with van der Waals surface area (Å²) in [6.45, 7) is 4.85. The van der Waals surface area contributed by atoms with Crippen molar-refractivity contribution in [2.45, 2.75) is 32.7 Å². The molecule has 5 nitrogen and oxygen atoms in total. The molecule has 0 aliphatic carbocycles. The first-order valence-electron chi connectivity index (χ1n) is 7.59. The maximum absolute atomic E-state index is 12.3. The Morgan fingerprint density at radius 2 is 1.77 bits per heavy atom. The second-order valence-corrected chi connectivity index (χ2v) is 8.06. The number of amides is 1. The molecule has 122 valence electrons. The number of nitrogens with zero attached hydrogens (tertiary/aromatic N) is 1. The molecule has 1 aliphatic heterocycles. The maximum Gasteiger partial charge on any atom is 0.223 e. The van der Waals surface area contributed by atoms with Crippen molar-refractivity contribution < 1.29 is 13.2 Å². The minimum Gasteiger partial charge on any atom is -0.349 e. The number of hydrogen-bond acceptors (Lipinski definition) is 3. The van der Waals surface area contributed by atoms with Crippen LogP contribution in [0, 0.1) is 12.8 Å². The number of nitrogens with one attached hydrogen (secondary N) is 1. The van der Waals surface area contributed by atoms with Crippen molar-refractivity contribution in [2.24, 2.45) is 5.92 Å². The fourth-order valence-electron chi connectivity index (χ4n) is 2.72.